The Kier molecular flexibility index (Phi) is 2.71. The molecule has 1 aliphatic carbocycles. The van der Waals surface area contributed by atoms with Crippen molar-refractivity contribution in [2.75, 3.05) is 0 Å². The predicted molar refractivity (Wildman–Crippen MR) is 72.9 cm³/mol. The molecule has 94 valence electrons. The molecule has 3 heteroatoms. The average Bonchev–Trinajstić information content (AvgIpc) is 2.74. The molecule has 0 bridgehead atoms. The van der Waals surface area contributed by atoms with Crippen LogP contribution in [0.5, 0.6) is 0 Å². The van der Waals surface area contributed by atoms with Gasteiger partial charge >= 0.3 is 0 Å². The van der Waals surface area contributed by atoms with E-state index >= 15 is 0 Å². The standard InChI is InChI=1S/C15H19N3/c1-10-6-7-14(11(2)8-10)18-15-5-3-4-13(16)12(15)9-17-18/h6-9,13H,3-5,16H2,1-2H3. The van der Waals surface area contributed by atoms with Crippen LogP contribution >= 0.6 is 0 Å². The molecule has 18 heavy (non-hydrogen) atoms. The molecule has 1 aliphatic rings. The Bertz CT molecular complexity index is 583. The Morgan fingerprint density at radius 1 is 1.33 bits per heavy atom. The van der Waals surface area contributed by atoms with Crippen molar-refractivity contribution in [1.29, 1.82) is 0 Å². The van der Waals surface area contributed by atoms with Gasteiger partial charge in [-0.1, -0.05) is 17.7 Å². The molecule has 1 aromatic carbocycles. The normalized spacial score (nSPS) is 18.7. The third-order valence-corrected chi connectivity index (χ3v) is 3.81. The summed E-state index contributed by atoms with van der Waals surface area (Å²) in [5.41, 5.74) is 12.4. The number of hydrogen-bond acceptors (Lipinski definition) is 2. The number of hydrogen-bond donors (Lipinski definition) is 1. The van der Waals surface area contributed by atoms with E-state index in [1.807, 2.05) is 6.20 Å². The summed E-state index contributed by atoms with van der Waals surface area (Å²) in [6.45, 7) is 4.25. The van der Waals surface area contributed by atoms with Gasteiger partial charge in [0.1, 0.15) is 0 Å². The van der Waals surface area contributed by atoms with E-state index in [1.165, 1.54) is 28.1 Å². The van der Waals surface area contributed by atoms with Gasteiger partial charge in [-0.25, -0.2) is 4.68 Å². The van der Waals surface area contributed by atoms with Gasteiger partial charge in [0, 0.05) is 17.3 Å². The fourth-order valence-corrected chi connectivity index (χ4v) is 2.84. The molecule has 2 aromatic rings. The highest BCUT2D eigenvalue weighted by molar-refractivity contribution is 5.44. The van der Waals surface area contributed by atoms with Crippen LogP contribution in [-0.4, -0.2) is 9.78 Å². The molecular weight excluding hydrogens is 222 g/mol. The van der Waals surface area contributed by atoms with Crippen molar-refractivity contribution in [3.8, 4) is 5.69 Å². The summed E-state index contributed by atoms with van der Waals surface area (Å²) < 4.78 is 2.07. The second-order valence-electron chi connectivity index (χ2n) is 5.25. The van der Waals surface area contributed by atoms with Gasteiger partial charge < -0.3 is 5.73 Å². The maximum atomic E-state index is 6.15. The van der Waals surface area contributed by atoms with Crippen LogP contribution in [0.25, 0.3) is 5.69 Å². The van der Waals surface area contributed by atoms with E-state index in [0.29, 0.717) is 0 Å². The molecule has 0 saturated carbocycles. The molecule has 2 N–H and O–H groups in total. The Balaban J connectivity index is 2.12. The number of nitrogens with two attached hydrogens (primary N) is 1. The molecule has 0 spiro atoms. The first kappa shape index (κ1) is 11.5. The molecule has 0 fully saturated rings. The fourth-order valence-electron chi connectivity index (χ4n) is 2.84. The van der Waals surface area contributed by atoms with Gasteiger partial charge in [-0.3, -0.25) is 0 Å². The van der Waals surface area contributed by atoms with E-state index in [4.69, 9.17) is 5.73 Å². The zero-order valence-corrected chi connectivity index (χ0v) is 11.0. The Morgan fingerprint density at radius 2 is 2.17 bits per heavy atom. The summed E-state index contributed by atoms with van der Waals surface area (Å²) in [5, 5.41) is 4.55. The first-order valence-corrected chi connectivity index (χ1v) is 6.57. The van der Waals surface area contributed by atoms with E-state index in [9.17, 15) is 0 Å². The highest BCUT2D eigenvalue weighted by atomic mass is 15.3. The van der Waals surface area contributed by atoms with Crippen molar-refractivity contribution < 1.29 is 0 Å². The van der Waals surface area contributed by atoms with Crippen LogP contribution in [0.2, 0.25) is 0 Å². The van der Waals surface area contributed by atoms with Crippen LogP contribution in [0.15, 0.2) is 24.4 Å². The van der Waals surface area contributed by atoms with E-state index in [2.05, 4.69) is 41.8 Å². The van der Waals surface area contributed by atoms with Gasteiger partial charge in [0.05, 0.1) is 11.9 Å². The minimum Gasteiger partial charge on any atom is -0.324 e. The summed E-state index contributed by atoms with van der Waals surface area (Å²) in [7, 11) is 0. The van der Waals surface area contributed by atoms with Crippen LogP contribution < -0.4 is 5.73 Å². The molecule has 1 aromatic heterocycles. The van der Waals surface area contributed by atoms with Crippen LogP contribution in [-0.2, 0) is 6.42 Å². The van der Waals surface area contributed by atoms with Crippen molar-refractivity contribution >= 4 is 0 Å². The monoisotopic (exact) mass is 241 g/mol. The molecule has 3 rings (SSSR count). The average molecular weight is 241 g/mol. The maximum Gasteiger partial charge on any atom is 0.0678 e. The minimum absolute atomic E-state index is 0.160. The van der Waals surface area contributed by atoms with Crippen LogP contribution in [0.4, 0.5) is 0 Å². The molecule has 0 radical (unpaired) electrons. The number of aromatic nitrogens is 2. The Morgan fingerprint density at radius 3 is 2.94 bits per heavy atom. The lowest BCUT2D eigenvalue weighted by Crippen LogP contribution is -2.18. The molecule has 1 heterocycles. The smallest absolute Gasteiger partial charge is 0.0678 e. The molecule has 0 aliphatic heterocycles. The number of fused-ring (bicyclic) bond motifs is 1. The number of aryl methyl sites for hydroxylation is 2. The van der Waals surface area contributed by atoms with Gasteiger partial charge in [-0.05, 0) is 44.7 Å². The second kappa shape index (κ2) is 4.25. The van der Waals surface area contributed by atoms with Crippen molar-refractivity contribution in [1.82, 2.24) is 9.78 Å². The zero-order valence-electron chi connectivity index (χ0n) is 11.0. The van der Waals surface area contributed by atoms with Gasteiger partial charge in [0.2, 0.25) is 0 Å². The van der Waals surface area contributed by atoms with Crippen molar-refractivity contribution in [2.45, 2.75) is 39.2 Å². The molecule has 3 nitrogen and oxygen atoms in total. The number of benzene rings is 1. The number of rotatable bonds is 1. The SMILES string of the molecule is Cc1ccc(-n2ncc3c2CCCC3N)c(C)c1. The number of nitrogens with zero attached hydrogens (tertiary/aromatic N) is 2. The molecule has 0 amide bonds. The van der Waals surface area contributed by atoms with E-state index in [0.717, 1.165) is 19.3 Å². The highest BCUT2D eigenvalue weighted by Gasteiger charge is 2.22. The van der Waals surface area contributed by atoms with Crippen LogP contribution in [0.3, 0.4) is 0 Å². The van der Waals surface area contributed by atoms with Crippen LogP contribution in [0.1, 0.15) is 41.3 Å². The van der Waals surface area contributed by atoms with Crippen molar-refractivity contribution in [3.05, 3.63) is 46.8 Å². The lowest BCUT2D eigenvalue weighted by atomic mass is 9.93. The maximum absolute atomic E-state index is 6.15. The molecular formula is C15H19N3. The lowest BCUT2D eigenvalue weighted by Gasteiger charge is -2.20. The van der Waals surface area contributed by atoms with Crippen molar-refractivity contribution in [2.24, 2.45) is 5.73 Å². The van der Waals surface area contributed by atoms with Gasteiger partial charge in [-0.15, -0.1) is 0 Å². The van der Waals surface area contributed by atoms with Gasteiger partial charge in [0.25, 0.3) is 0 Å². The second-order valence-corrected chi connectivity index (χ2v) is 5.25. The van der Waals surface area contributed by atoms with Crippen molar-refractivity contribution in [3.63, 3.8) is 0 Å². The minimum atomic E-state index is 0.160. The summed E-state index contributed by atoms with van der Waals surface area (Å²) >= 11 is 0. The summed E-state index contributed by atoms with van der Waals surface area (Å²) in [5.74, 6) is 0. The summed E-state index contributed by atoms with van der Waals surface area (Å²) in [6.07, 6.45) is 5.26. The largest absolute Gasteiger partial charge is 0.324 e. The molecule has 0 saturated heterocycles. The quantitative estimate of drug-likeness (QED) is 0.834. The Labute approximate surface area is 108 Å². The zero-order chi connectivity index (χ0) is 12.7. The lowest BCUT2D eigenvalue weighted by molar-refractivity contribution is 0.557. The van der Waals surface area contributed by atoms with E-state index < -0.39 is 0 Å². The first-order valence-electron chi connectivity index (χ1n) is 6.57. The van der Waals surface area contributed by atoms with Gasteiger partial charge in [-0.2, -0.15) is 5.10 Å². The highest BCUT2D eigenvalue weighted by Crippen LogP contribution is 2.30. The molecule has 1 atom stereocenters. The van der Waals surface area contributed by atoms with Crippen LogP contribution in [0, 0.1) is 13.8 Å². The van der Waals surface area contributed by atoms with Gasteiger partial charge in [0.15, 0.2) is 0 Å². The fraction of sp³-hybridized carbons (Fsp3) is 0.400. The molecule has 1 unspecified atom stereocenters. The summed E-state index contributed by atoms with van der Waals surface area (Å²) in [4.78, 5) is 0. The Hall–Kier alpha value is -1.61. The topological polar surface area (TPSA) is 43.8 Å². The van der Waals surface area contributed by atoms with E-state index in [1.54, 1.807) is 0 Å². The summed E-state index contributed by atoms with van der Waals surface area (Å²) in [6, 6.07) is 6.65. The first-order chi connectivity index (χ1) is 8.66. The van der Waals surface area contributed by atoms with E-state index in [-0.39, 0.29) is 6.04 Å². The predicted octanol–water partition coefficient (Wildman–Crippen LogP) is 2.83. The third kappa shape index (κ3) is 1.75. The third-order valence-electron chi connectivity index (χ3n) is 3.81.